The normalized spacial score (nSPS) is 10.8. The first-order valence-corrected chi connectivity index (χ1v) is 9.99. The first kappa shape index (κ1) is 19.5. The van der Waals surface area contributed by atoms with Gasteiger partial charge in [0.2, 0.25) is 0 Å². The fourth-order valence-corrected chi connectivity index (χ4v) is 3.77. The van der Waals surface area contributed by atoms with Crippen molar-refractivity contribution < 1.29 is 10.2 Å². The molecule has 2 nitrogen and oxygen atoms in total. The van der Waals surface area contributed by atoms with Gasteiger partial charge in [-0.25, -0.2) is 0 Å². The summed E-state index contributed by atoms with van der Waals surface area (Å²) in [5, 5.41) is 22.4. The minimum absolute atomic E-state index is 0.300. The average molecular weight is 392 g/mol. The molecule has 0 amide bonds. The van der Waals surface area contributed by atoms with Crippen LogP contribution in [-0.2, 0) is 12.8 Å². The van der Waals surface area contributed by atoms with Gasteiger partial charge in [-0.3, -0.25) is 0 Å². The van der Waals surface area contributed by atoms with Gasteiger partial charge in [-0.2, -0.15) is 0 Å². The van der Waals surface area contributed by atoms with Gasteiger partial charge in [0, 0.05) is 0 Å². The van der Waals surface area contributed by atoms with E-state index in [-0.39, 0.29) is 0 Å². The average Bonchev–Trinajstić information content (AvgIpc) is 2.76. The predicted molar refractivity (Wildman–Crippen MR) is 126 cm³/mol. The Labute approximate surface area is 177 Å². The molecule has 4 rings (SSSR count). The molecule has 0 heterocycles. The molecule has 0 aliphatic carbocycles. The molecule has 0 radical (unpaired) electrons. The largest absolute Gasteiger partial charge is 0.508 e. The molecule has 4 aromatic carbocycles. The molecule has 0 fully saturated rings. The van der Waals surface area contributed by atoms with Crippen molar-refractivity contribution in [2.24, 2.45) is 0 Å². The summed E-state index contributed by atoms with van der Waals surface area (Å²) >= 11 is 0. The molecule has 0 aliphatic rings. The minimum Gasteiger partial charge on any atom is -0.508 e. The summed E-state index contributed by atoms with van der Waals surface area (Å²) in [5.74, 6) is 0.600. The molecule has 0 unspecified atom stereocenters. The Hall–Kier alpha value is -3.78. The van der Waals surface area contributed by atoms with Gasteiger partial charge >= 0.3 is 0 Å². The highest BCUT2D eigenvalue weighted by Crippen LogP contribution is 2.32. The number of fused-ring (bicyclic) bond motifs is 1. The zero-order valence-electron chi connectivity index (χ0n) is 16.8. The van der Waals surface area contributed by atoms with E-state index in [1.165, 1.54) is 0 Å². The number of rotatable bonds is 6. The molecule has 0 aromatic heterocycles. The summed E-state index contributed by atoms with van der Waals surface area (Å²) < 4.78 is 0. The lowest BCUT2D eigenvalue weighted by atomic mass is 9.95. The van der Waals surface area contributed by atoms with E-state index in [9.17, 15) is 10.2 Å². The number of hydrogen-bond donors (Lipinski definition) is 2. The van der Waals surface area contributed by atoms with Crippen molar-refractivity contribution in [2.75, 3.05) is 0 Å². The second kappa shape index (κ2) is 8.30. The number of phenolic OH excluding ortho intramolecular Hbond substituents is 2. The molecule has 4 aromatic rings. The number of aromatic hydroxyl groups is 2. The van der Waals surface area contributed by atoms with Crippen LogP contribution in [0.5, 0.6) is 11.5 Å². The molecule has 148 valence electrons. The molecule has 0 saturated heterocycles. The van der Waals surface area contributed by atoms with Gasteiger partial charge in [-0.1, -0.05) is 48.6 Å². The summed E-state index contributed by atoms with van der Waals surface area (Å²) in [6.07, 6.45) is 4.86. The lowest BCUT2D eigenvalue weighted by Gasteiger charge is -2.10. The summed E-state index contributed by atoms with van der Waals surface area (Å²) in [6, 6.07) is 24.2. The van der Waals surface area contributed by atoms with Crippen LogP contribution in [0, 0.1) is 0 Å². The standard InChI is InChI=1S/C28H24O2/c1-3-5-25-17-23(11-13-27(25)29)21-9-7-20-16-22(10-8-19(20)15-21)24-12-14-28(30)26(18-24)6-4-2/h3-4,7-18,29-30H,1-2,5-6H2. The number of benzene rings is 4. The van der Waals surface area contributed by atoms with Crippen molar-refractivity contribution in [2.45, 2.75) is 12.8 Å². The summed E-state index contributed by atoms with van der Waals surface area (Å²) in [7, 11) is 0. The summed E-state index contributed by atoms with van der Waals surface area (Å²) in [4.78, 5) is 0. The Morgan fingerprint density at radius 2 is 0.900 bits per heavy atom. The van der Waals surface area contributed by atoms with Gasteiger partial charge < -0.3 is 10.2 Å². The van der Waals surface area contributed by atoms with E-state index in [1.807, 2.05) is 24.3 Å². The Kier molecular flexibility index (Phi) is 5.40. The van der Waals surface area contributed by atoms with Crippen molar-refractivity contribution in [1.82, 2.24) is 0 Å². The lowest BCUT2D eigenvalue weighted by Crippen LogP contribution is -1.87. The van der Waals surface area contributed by atoms with Crippen molar-refractivity contribution in [3.8, 4) is 33.8 Å². The van der Waals surface area contributed by atoms with Crippen LogP contribution < -0.4 is 0 Å². The van der Waals surface area contributed by atoms with E-state index in [0.717, 1.165) is 44.2 Å². The third-order valence-corrected chi connectivity index (χ3v) is 5.39. The van der Waals surface area contributed by atoms with E-state index in [4.69, 9.17) is 0 Å². The molecule has 0 atom stereocenters. The molecule has 0 bridgehead atoms. The van der Waals surface area contributed by atoms with Crippen LogP contribution in [0.15, 0.2) is 98.1 Å². The number of hydrogen-bond acceptors (Lipinski definition) is 2. The highest BCUT2D eigenvalue weighted by Gasteiger charge is 2.07. The van der Waals surface area contributed by atoms with Crippen LogP contribution in [-0.4, -0.2) is 10.2 Å². The fraction of sp³-hybridized carbons (Fsp3) is 0.0714. The lowest BCUT2D eigenvalue weighted by molar-refractivity contribution is 0.469. The topological polar surface area (TPSA) is 40.5 Å². The molecule has 2 N–H and O–H groups in total. The minimum atomic E-state index is 0.300. The molecule has 0 spiro atoms. The van der Waals surface area contributed by atoms with Crippen LogP contribution in [0.1, 0.15) is 11.1 Å². The quantitative estimate of drug-likeness (QED) is 0.345. The van der Waals surface area contributed by atoms with Gasteiger partial charge in [-0.15, -0.1) is 13.2 Å². The summed E-state index contributed by atoms with van der Waals surface area (Å²) in [6.45, 7) is 7.53. The number of phenols is 2. The molecule has 30 heavy (non-hydrogen) atoms. The number of allylic oxidation sites excluding steroid dienone is 2. The Morgan fingerprint density at radius 3 is 1.30 bits per heavy atom. The van der Waals surface area contributed by atoms with Gasteiger partial charge in [0.1, 0.15) is 11.5 Å². The molecular formula is C28H24O2. The third-order valence-electron chi connectivity index (χ3n) is 5.39. The maximum Gasteiger partial charge on any atom is 0.119 e. The Bertz CT molecular complexity index is 1150. The molecule has 0 saturated carbocycles. The van der Waals surface area contributed by atoms with Crippen LogP contribution in [0.25, 0.3) is 33.0 Å². The van der Waals surface area contributed by atoms with Gasteiger partial charge in [0.05, 0.1) is 0 Å². The highest BCUT2D eigenvalue weighted by molar-refractivity contribution is 5.91. The Balaban J connectivity index is 1.71. The molecule has 2 heteroatoms. The van der Waals surface area contributed by atoms with Crippen LogP contribution in [0.2, 0.25) is 0 Å². The maximum atomic E-state index is 10.0. The van der Waals surface area contributed by atoms with E-state index in [1.54, 1.807) is 24.3 Å². The second-order valence-electron chi connectivity index (χ2n) is 7.45. The highest BCUT2D eigenvalue weighted by atomic mass is 16.3. The van der Waals surface area contributed by atoms with E-state index in [0.29, 0.717) is 24.3 Å². The monoisotopic (exact) mass is 392 g/mol. The fourth-order valence-electron chi connectivity index (χ4n) is 3.77. The first-order chi connectivity index (χ1) is 14.6. The molecular weight excluding hydrogens is 368 g/mol. The van der Waals surface area contributed by atoms with Crippen LogP contribution in [0.3, 0.4) is 0 Å². The Morgan fingerprint density at radius 1 is 0.533 bits per heavy atom. The zero-order chi connectivity index (χ0) is 21.1. The second-order valence-corrected chi connectivity index (χ2v) is 7.45. The maximum absolute atomic E-state index is 10.0. The van der Waals surface area contributed by atoms with Crippen molar-refractivity contribution >= 4 is 10.8 Å². The van der Waals surface area contributed by atoms with E-state index >= 15 is 0 Å². The van der Waals surface area contributed by atoms with Crippen molar-refractivity contribution in [3.05, 3.63) is 109 Å². The zero-order valence-corrected chi connectivity index (χ0v) is 16.8. The SMILES string of the molecule is C=CCc1cc(-c2ccc3cc(-c4ccc(O)c(CC=C)c4)ccc3c2)ccc1O. The third kappa shape index (κ3) is 3.85. The first-order valence-electron chi connectivity index (χ1n) is 9.99. The molecule has 0 aliphatic heterocycles. The van der Waals surface area contributed by atoms with Gasteiger partial charge in [0.25, 0.3) is 0 Å². The van der Waals surface area contributed by atoms with Gasteiger partial charge in [0.15, 0.2) is 0 Å². The van der Waals surface area contributed by atoms with Crippen LogP contribution >= 0.6 is 0 Å². The smallest absolute Gasteiger partial charge is 0.119 e. The van der Waals surface area contributed by atoms with Crippen molar-refractivity contribution in [1.29, 1.82) is 0 Å². The van der Waals surface area contributed by atoms with Gasteiger partial charge in [-0.05, 0) is 93.4 Å². The predicted octanol–water partition coefficient (Wildman–Crippen LogP) is 7.04. The van der Waals surface area contributed by atoms with E-state index < -0.39 is 0 Å². The summed E-state index contributed by atoms with van der Waals surface area (Å²) in [5.41, 5.74) is 6.12. The van der Waals surface area contributed by atoms with Crippen molar-refractivity contribution in [3.63, 3.8) is 0 Å². The van der Waals surface area contributed by atoms with E-state index in [2.05, 4.69) is 49.6 Å². The van der Waals surface area contributed by atoms with Crippen LogP contribution in [0.4, 0.5) is 0 Å².